The SMILES string of the molecule is CC(=O)OOC(C)=O.CN1CCNCC1.Cc1ncc(COc2cc(F)cc(Oc3ccc(-c4nc(C5CC(=O)C5)n5ccnc(N)c45)cc3)c2)s1.Cc1ncc(COc2cc(F)cc(Oc3ccc(-c4nc(C5CC(N6CCN(C)CC6)C5)n5ccnc(N)c45)cc3)c2)s1.[B-]OC(C)=O.[Na+]. The third-order valence-electron chi connectivity index (χ3n) is 16.4. The van der Waals surface area contributed by atoms with E-state index in [9.17, 15) is 28.0 Å². The number of imidazole rings is 2. The van der Waals surface area contributed by atoms with Gasteiger partial charge >= 0.3 is 41.5 Å². The summed E-state index contributed by atoms with van der Waals surface area (Å²) in [7, 11) is 8.67. The van der Waals surface area contributed by atoms with Crippen LogP contribution in [0, 0.1) is 25.5 Å². The van der Waals surface area contributed by atoms with E-state index in [1.54, 1.807) is 60.4 Å². The number of hydrogen-bond donors (Lipinski definition) is 3. The summed E-state index contributed by atoms with van der Waals surface area (Å²) in [5, 5.41) is 5.18. The number of rotatable bonds is 15. The summed E-state index contributed by atoms with van der Waals surface area (Å²) in [4.78, 5) is 84.6. The van der Waals surface area contributed by atoms with Gasteiger partial charge in [-0.25, -0.2) is 58.0 Å². The van der Waals surface area contributed by atoms with Gasteiger partial charge < -0.3 is 58.2 Å². The molecule has 25 nitrogen and oxygen atoms in total. The van der Waals surface area contributed by atoms with Crippen LogP contribution in [0.25, 0.3) is 33.5 Å². The van der Waals surface area contributed by atoms with Crippen molar-refractivity contribution < 1.29 is 90.9 Å². The summed E-state index contributed by atoms with van der Waals surface area (Å²) < 4.78 is 59.7. The predicted octanol–water partition coefficient (Wildman–Crippen LogP) is 7.63. The molecule has 2 saturated heterocycles. The van der Waals surface area contributed by atoms with Crippen molar-refractivity contribution in [1.82, 2.24) is 58.7 Å². The molecule has 14 rings (SSSR count). The summed E-state index contributed by atoms with van der Waals surface area (Å²) in [5.41, 5.74) is 17.3. The Labute approximate surface area is 614 Å². The molecule has 0 atom stereocenters. The molecule has 10 aromatic rings. The first kappa shape index (κ1) is 76.2. The second-order valence-corrected chi connectivity index (χ2v) is 26.7. The average molecular weight is 1430 g/mol. The van der Waals surface area contributed by atoms with Crippen LogP contribution in [0.4, 0.5) is 20.4 Å². The number of aryl methyl sites for hydroxylation is 2. The number of nitrogens with zero attached hydrogens (tertiary/aromatic N) is 11. The maximum Gasteiger partial charge on any atom is 1.00 e. The Kier molecular flexibility index (Phi) is 27.2. The first-order valence-electron chi connectivity index (χ1n) is 32.2. The van der Waals surface area contributed by atoms with Gasteiger partial charge in [-0.15, -0.1) is 22.7 Å². The van der Waals surface area contributed by atoms with Gasteiger partial charge in [0, 0.05) is 189 Å². The van der Waals surface area contributed by atoms with Crippen LogP contribution in [0.5, 0.6) is 34.5 Å². The van der Waals surface area contributed by atoms with E-state index in [2.05, 4.69) is 80.9 Å². The van der Waals surface area contributed by atoms with E-state index >= 15 is 0 Å². The molecule has 8 heterocycles. The van der Waals surface area contributed by atoms with E-state index in [0.29, 0.717) is 95.4 Å². The van der Waals surface area contributed by atoms with Gasteiger partial charge in [-0.1, -0.05) is 0 Å². The quantitative estimate of drug-likeness (QED) is 0.0505. The molecule has 0 bridgehead atoms. The van der Waals surface area contributed by atoms with Crippen molar-refractivity contribution in [2.45, 2.75) is 91.4 Å². The van der Waals surface area contributed by atoms with Crippen molar-refractivity contribution >= 4 is 77.1 Å². The molecule has 523 valence electrons. The number of anilines is 2. The summed E-state index contributed by atoms with van der Waals surface area (Å²) in [5.74, 6) is 3.22. The number of thiazole rings is 2. The monoisotopic (exact) mass is 1430 g/mol. The molecule has 6 aromatic heterocycles. The largest absolute Gasteiger partial charge is 1.00 e. The molecule has 4 aromatic carbocycles. The third-order valence-corrected chi connectivity index (χ3v) is 18.1. The smallest absolute Gasteiger partial charge is 0.793 e. The van der Waals surface area contributed by atoms with E-state index in [1.807, 2.05) is 67.0 Å². The number of carbonyl (C=O) groups excluding carboxylic acids is 4. The molecule has 4 aliphatic rings. The van der Waals surface area contributed by atoms with E-state index in [0.717, 1.165) is 120 Å². The van der Waals surface area contributed by atoms with Crippen LogP contribution in [-0.2, 0) is 46.8 Å². The van der Waals surface area contributed by atoms with Gasteiger partial charge in [0.25, 0.3) is 0 Å². The van der Waals surface area contributed by atoms with E-state index < -0.39 is 29.5 Å². The Bertz CT molecular complexity index is 4430. The second kappa shape index (κ2) is 36.1. The molecule has 2 saturated carbocycles. The molecule has 2 aliphatic heterocycles. The Hall–Kier alpha value is -8.98. The number of aromatic nitrogens is 8. The number of ether oxygens (including phenoxy) is 4. The number of piperazine rings is 2. The van der Waals surface area contributed by atoms with Crippen molar-refractivity contribution in [3.8, 4) is 57.0 Å². The van der Waals surface area contributed by atoms with Crippen LogP contribution in [-0.4, -0.2) is 158 Å². The maximum atomic E-state index is 14.4. The summed E-state index contributed by atoms with van der Waals surface area (Å²) in [6.45, 7) is 17.2. The molecule has 2 aliphatic carbocycles. The number of nitrogens with one attached hydrogen (secondary N) is 1. The number of carbonyl (C=O) groups is 4. The number of Topliss-reactive ketones (excluding diaryl/α,β-unsaturated/α-hetero) is 1. The fourth-order valence-corrected chi connectivity index (χ4v) is 12.7. The Morgan fingerprint density at radius 3 is 1.38 bits per heavy atom. The molecule has 31 heteroatoms. The minimum atomic E-state index is -0.639. The third kappa shape index (κ3) is 21.3. The maximum absolute atomic E-state index is 14.4. The zero-order valence-electron chi connectivity index (χ0n) is 57.4. The Balaban J connectivity index is 0.000000184. The number of benzene rings is 4. The molecule has 3 radical (unpaired) electrons. The number of ketones is 1. The van der Waals surface area contributed by atoms with Gasteiger partial charge in [-0.2, -0.15) is 0 Å². The minimum Gasteiger partial charge on any atom is -0.793 e. The van der Waals surface area contributed by atoms with Crippen LogP contribution >= 0.6 is 22.7 Å². The van der Waals surface area contributed by atoms with Crippen LogP contribution in [0.2, 0.25) is 0 Å². The summed E-state index contributed by atoms with van der Waals surface area (Å²) in [6, 6.07) is 24.1. The fraction of sp³-hybridized carbons (Fsp3) is 0.343. The Morgan fingerprint density at radius 2 is 1.00 bits per heavy atom. The van der Waals surface area contributed by atoms with Crippen LogP contribution in [0.1, 0.15) is 89.7 Å². The molecule has 101 heavy (non-hydrogen) atoms. The molecule has 0 unspecified atom stereocenters. The van der Waals surface area contributed by atoms with Crippen LogP contribution < -0.4 is 65.3 Å². The zero-order chi connectivity index (χ0) is 71.0. The van der Waals surface area contributed by atoms with Crippen LogP contribution in [0.3, 0.4) is 0 Å². The van der Waals surface area contributed by atoms with Crippen molar-refractivity contribution in [3.63, 3.8) is 0 Å². The van der Waals surface area contributed by atoms with Crippen molar-refractivity contribution in [2.75, 3.05) is 77.9 Å². The molecule has 0 amide bonds. The second-order valence-electron chi connectivity index (χ2n) is 24.1. The normalized spacial score (nSPS) is 16.0. The van der Waals surface area contributed by atoms with Gasteiger partial charge in [-0.3, -0.25) is 23.3 Å². The fourth-order valence-electron chi connectivity index (χ4n) is 11.2. The van der Waals surface area contributed by atoms with Crippen LogP contribution in [0.15, 0.2) is 122 Å². The number of nitrogens with two attached hydrogens (primary N) is 2. The first-order valence-corrected chi connectivity index (χ1v) is 33.8. The molecule has 0 spiro atoms. The average Bonchev–Trinajstić information content (AvgIpc) is 1.61. The molecule has 4 fully saturated rings. The van der Waals surface area contributed by atoms with Gasteiger partial charge in [0.1, 0.15) is 111 Å². The number of hydrogen-bond acceptors (Lipinski definition) is 25. The topological polar surface area (TPSA) is 293 Å². The van der Waals surface area contributed by atoms with E-state index in [4.69, 9.17) is 40.4 Å². The number of fused-ring (bicyclic) bond motifs is 2. The van der Waals surface area contributed by atoms with Gasteiger partial charge in [0.15, 0.2) is 0 Å². The van der Waals surface area contributed by atoms with E-state index in [1.165, 1.54) is 55.6 Å². The molecule has 5 N–H and O–H groups in total. The van der Waals surface area contributed by atoms with Crippen molar-refractivity contribution in [2.24, 2.45) is 0 Å². The van der Waals surface area contributed by atoms with Crippen molar-refractivity contribution in [3.05, 3.63) is 165 Å². The Morgan fingerprint density at radius 1 is 0.584 bits per heavy atom. The van der Waals surface area contributed by atoms with Crippen molar-refractivity contribution in [1.29, 1.82) is 0 Å². The summed E-state index contributed by atoms with van der Waals surface area (Å²) in [6.07, 6.45) is 13.8. The number of nitrogen functional groups attached to an aromatic ring is 2. The van der Waals surface area contributed by atoms with E-state index in [-0.39, 0.29) is 41.3 Å². The minimum absolute atomic E-state index is 0. The number of halogens is 2. The molecular formula is C70H77BF2N14NaO11S2. The standard InChI is InChI=1S/C32H34FN7O2S.C27H22FN5O3S.C5H12N2.C4H6O4.C2H3BO2.Na/c1-20-36-18-28(43-20)19-41-26-15-23(33)16-27(17-26)42-25-5-3-21(4-6-25)29-30-31(34)35-7-8-40(30)32(37-29)22-13-24(14-22)39-11-9-38(2)10-12-39;1-15-31-13-23(37-15)14-35-21-10-18(28)11-22(12-21)36-20-4-2-16(3-5-20)24-25-26(29)30-6-7-33(25)27(32-24)17-8-19(34)9-17;1-7-4-2-6-3-5-7;1-3(5)7-8-4(2)6;1-2(4)5-3;/h3-8,15-18,22,24H,9-14,19H2,1-2H3,(H2,34,35);2-7,10-13,17H,8-9,14H2,1H3,(H2,29,30);6H,2-5H2,1H3;1-2H3;1H3;/q;;;;-1;+1. The molecular weight excluding hydrogens is 1350 g/mol. The predicted molar refractivity (Wildman–Crippen MR) is 374 cm³/mol. The van der Waals surface area contributed by atoms with Gasteiger partial charge in [-0.05, 0) is 89.3 Å². The van der Waals surface area contributed by atoms with Gasteiger partial charge in [0.2, 0.25) is 5.97 Å². The zero-order valence-corrected chi connectivity index (χ0v) is 61.0. The summed E-state index contributed by atoms with van der Waals surface area (Å²) >= 11 is 3.08. The first-order chi connectivity index (χ1) is 48.1. The van der Waals surface area contributed by atoms with Gasteiger partial charge in [0.05, 0.1) is 19.8 Å². The number of likely N-dealkylation sites (N-methyl/N-ethyl adjacent to an activating group) is 2.